The van der Waals surface area contributed by atoms with Crippen molar-refractivity contribution in [3.63, 3.8) is 0 Å². The largest absolute Gasteiger partial charge is 0.481 e. The van der Waals surface area contributed by atoms with E-state index in [0.29, 0.717) is 10.6 Å². The van der Waals surface area contributed by atoms with Crippen LogP contribution in [0.3, 0.4) is 0 Å². The van der Waals surface area contributed by atoms with Crippen molar-refractivity contribution in [1.82, 2.24) is 0 Å². The van der Waals surface area contributed by atoms with Gasteiger partial charge in [0, 0.05) is 11.6 Å². The van der Waals surface area contributed by atoms with Gasteiger partial charge in [-0.25, -0.2) is 0 Å². The van der Waals surface area contributed by atoms with Crippen molar-refractivity contribution in [2.24, 2.45) is 5.73 Å². The average molecular weight is 260 g/mol. The molecule has 0 aromatic heterocycles. The second-order valence-electron chi connectivity index (χ2n) is 3.66. The zero-order valence-electron chi connectivity index (χ0n) is 9.01. The fourth-order valence-electron chi connectivity index (χ4n) is 1.50. The number of carboxylic acids is 1. The standard InChI is InChI=1S/C11H14ClNO4/c12-7-2-1-6(3-10(15)16)8(4-7)11(17)9(14)5-13/h1-2,4,9,11,14,17H,3,5,13H2,(H,15,16). The molecule has 1 aromatic rings. The highest BCUT2D eigenvalue weighted by Crippen LogP contribution is 2.25. The summed E-state index contributed by atoms with van der Waals surface area (Å²) in [6.07, 6.45) is -2.64. The van der Waals surface area contributed by atoms with Gasteiger partial charge in [-0.1, -0.05) is 17.7 Å². The third kappa shape index (κ3) is 3.67. The van der Waals surface area contributed by atoms with Gasteiger partial charge in [-0.3, -0.25) is 4.79 Å². The van der Waals surface area contributed by atoms with Crippen molar-refractivity contribution in [2.45, 2.75) is 18.6 Å². The minimum absolute atomic E-state index is 0.125. The van der Waals surface area contributed by atoms with Crippen molar-refractivity contribution in [2.75, 3.05) is 6.54 Å². The van der Waals surface area contributed by atoms with Crippen LogP contribution in [0.1, 0.15) is 17.2 Å². The third-order valence-electron chi connectivity index (χ3n) is 2.37. The first-order valence-electron chi connectivity index (χ1n) is 5.02. The zero-order chi connectivity index (χ0) is 13.0. The molecule has 0 bridgehead atoms. The molecule has 17 heavy (non-hydrogen) atoms. The highest BCUT2D eigenvalue weighted by molar-refractivity contribution is 6.30. The molecule has 94 valence electrons. The van der Waals surface area contributed by atoms with Crippen LogP contribution in [-0.4, -0.2) is 33.9 Å². The van der Waals surface area contributed by atoms with Crippen molar-refractivity contribution in [1.29, 1.82) is 0 Å². The zero-order valence-corrected chi connectivity index (χ0v) is 9.76. The molecule has 2 atom stereocenters. The molecule has 0 spiro atoms. The van der Waals surface area contributed by atoms with Crippen LogP contribution < -0.4 is 5.73 Å². The number of aliphatic carboxylic acids is 1. The first-order chi connectivity index (χ1) is 7.95. The van der Waals surface area contributed by atoms with Gasteiger partial charge in [0.25, 0.3) is 0 Å². The second-order valence-corrected chi connectivity index (χ2v) is 4.10. The summed E-state index contributed by atoms with van der Waals surface area (Å²) in [5.74, 6) is -1.02. The SMILES string of the molecule is NCC(O)C(O)c1cc(Cl)ccc1CC(=O)O. The number of carboxylic acid groups (broad SMARTS) is 1. The predicted molar refractivity (Wildman–Crippen MR) is 62.8 cm³/mol. The molecule has 0 saturated heterocycles. The summed E-state index contributed by atoms with van der Waals surface area (Å²) in [7, 11) is 0. The minimum Gasteiger partial charge on any atom is -0.481 e. The molecule has 0 heterocycles. The van der Waals surface area contributed by atoms with Crippen LogP contribution in [0.2, 0.25) is 5.02 Å². The van der Waals surface area contributed by atoms with E-state index in [2.05, 4.69) is 0 Å². The number of hydrogen-bond donors (Lipinski definition) is 4. The van der Waals surface area contributed by atoms with E-state index in [1.54, 1.807) is 0 Å². The first kappa shape index (κ1) is 13.9. The van der Waals surface area contributed by atoms with Crippen LogP contribution in [-0.2, 0) is 11.2 Å². The van der Waals surface area contributed by atoms with E-state index in [4.69, 9.17) is 22.4 Å². The van der Waals surface area contributed by atoms with E-state index < -0.39 is 18.2 Å². The number of nitrogens with two attached hydrogens (primary N) is 1. The minimum atomic E-state index is -1.24. The number of rotatable bonds is 5. The Labute approximate surface area is 103 Å². The number of hydrogen-bond acceptors (Lipinski definition) is 4. The molecule has 0 aliphatic rings. The Kier molecular flexibility index (Phi) is 4.89. The lowest BCUT2D eigenvalue weighted by Crippen LogP contribution is -2.28. The number of aliphatic hydroxyl groups is 2. The van der Waals surface area contributed by atoms with Crippen LogP contribution in [0.5, 0.6) is 0 Å². The molecule has 0 saturated carbocycles. The van der Waals surface area contributed by atoms with Gasteiger partial charge in [-0.05, 0) is 23.3 Å². The highest BCUT2D eigenvalue weighted by Gasteiger charge is 2.21. The molecule has 0 amide bonds. The van der Waals surface area contributed by atoms with Crippen LogP contribution in [0, 0.1) is 0 Å². The lowest BCUT2D eigenvalue weighted by atomic mass is 9.96. The number of aliphatic hydroxyl groups excluding tert-OH is 2. The molecule has 0 aliphatic heterocycles. The molecule has 2 unspecified atom stereocenters. The van der Waals surface area contributed by atoms with Crippen molar-refractivity contribution in [3.8, 4) is 0 Å². The fraction of sp³-hybridized carbons (Fsp3) is 0.364. The Morgan fingerprint density at radius 2 is 2.06 bits per heavy atom. The van der Waals surface area contributed by atoms with Crippen LogP contribution in [0.15, 0.2) is 18.2 Å². The molecular weight excluding hydrogens is 246 g/mol. The Morgan fingerprint density at radius 1 is 1.41 bits per heavy atom. The normalized spacial score (nSPS) is 14.4. The summed E-state index contributed by atoms with van der Waals surface area (Å²) in [5, 5.41) is 28.4. The van der Waals surface area contributed by atoms with E-state index in [1.807, 2.05) is 0 Å². The van der Waals surface area contributed by atoms with Crippen LogP contribution >= 0.6 is 11.6 Å². The highest BCUT2D eigenvalue weighted by atomic mass is 35.5. The summed E-state index contributed by atoms with van der Waals surface area (Å²) in [6, 6.07) is 4.48. The second kappa shape index (κ2) is 5.97. The maximum atomic E-state index is 10.7. The fourth-order valence-corrected chi connectivity index (χ4v) is 1.68. The number of carbonyl (C=O) groups is 1. The summed E-state index contributed by atoms with van der Waals surface area (Å²) in [5.41, 5.74) is 5.93. The molecule has 5 nitrogen and oxygen atoms in total. The summed E-state index contributed by atoms with van der Waals surface area (Å²) in [4.78, 5) is 10.7. The van der Waals surface area contributed by atoms with Crippen LogP contribution in [0.4, 0.5) is 0 Å². The topological polar surface area (TPSA) is 104 Å². The average Bonchev–Trinajstić information content (AvgIpc) is 2.29. The molecular formula is C11H14ClNO4. The number of benzene rings is 1. The van der Waals surface area contributed by atoms with Crippen LogP contribution in [0.25, 0.3) is 0 Å². The molecule has 0 fully saturated rings. The Balaban J connectivity index is 3.10. The van der Waals surface area contributed by atoms with Gasteiger partial charge < -0.3 is 21.1 Å². The van der Waals surface area contributed by atoms with Crippen molar-refractivity contribution >= 4 is 17.6 Å². The summed E-state index contributed by atoms with van der Waals surface area (Å²) in [6.45, 7) is -0.125. The summed E-state index contributed by atoms with van der Waals surface area (Å²) >= 11 is 5.77. The molecule has 0 aliphatic carbocycles. The number of halogens is 1. The van der Waals surface area contributed by atoms with Gasteiger partial charge in [0.2, 0.25) is 0 Å². The molecule has 1 rings (SSSR count). The predicted octanol–water partition coefficient (Wildman–Crippen LogP) is 0.320. The maximum absolute atomic E-state index is 10.7. The monoisotopic (exact) mass is 259 g/mol. The van der Waals surface area contributed by atoms with Gasteiger partial charge in [0.1, 0.15) is 6.10 Å². The van der Waals surface area contributed by atoms with E-state index in [9.17, 15) is 15.0 Å². The van der Waals surface area contributed by atoms with Gasteiger partial charge >= 0.3 is 5.97 Å². The van der Waals surface area contributed by atoms with Crippen molar-refractivity contribution in [3.05, 3.63) is 34.3 Å². The third-order valence-corrected chi connectivity index (χ3v) is 2.61. The quantitative estimate of drug-likeness (QED) is 0.610. The van der Waals surface area contributed by atoms with E-state index >= 15 is 0 Å². The molecule has 1 aromatic carbocycles. The van der Waals surface area contributed by atoms with Gasteiger partial charge in [0.05, 0.1) is 12.5 Å². The van der Waals surface area contributed by atoms with Crippen molar-refractivity contribution < 1.29 is 20.1 Å². The Morgan fingerprint density at radius 3 is 2.59 bits per heavy atom. The molecule has 5 N–H and O–H groups in total. The van der Waals surface area contributed by atoms with Gasteiger partial charge in [-0.15, -0.1) is 0 Å². The maximum Gasteiger partial charge on any atom is 0.307 e. The first-order valence-corrected chi connectivity index (χ1v) is 5.39. The van der Waals surface area contributed by atoms with E-state index in [-0.39, 0.29) is 18.5 Å². The smallest absolute Gasteiger partial charge is 0.307 e. The Hall–Kier alpha value is -1.14. The van der Waals surface area contributed by atoms with Gasteiger partial charge in [0.15, 0.2) is 0 Å². The lowest BCUT2D eigenvalue weighted by Gasteiger charge is -2.19. The summed E-state index contributed by atoms with van der Waals surface area (Å²) < 4.78 is 0. The lowest BCUT2D eigenvalue weighted by molar-refractivity contribution is -0.136. The van der Waals surface area contributed by atoms with E-state index in [1.165, 1.54) is 18.2 Å². The van der Waals surface area contributed by atoms with Gasteiger partial charge in [-0.2, -0.15) is 0 Å². The molecule has 6 heteroatoms. The van der Waals surface area contributed by atoms with E-state index in [0.717, 1.165) is 0 Å². The molecule has 0 radical (unpaired) electrons. The Bertz CT molecular complexity index is 410.